The first-order valence-electron chi connectivity index (χ1n) is 10.7. The monoisotopic (exact) mass is 375 g/mol. The molecule has 1 unspecified atom stereocenters. The molecule has 1 saturated heterocycles. The van der Waals surface area contributed by atoms with Gasteiger partial charge < -0.3 is 5.11 Å². The van der Waals surface area contributed by atoms with E-state index in [1.807, 2.05) is 0 Å². The fourth-order valence-corrected chi connectivity index (χ4v) is 3.56. The van der Waals surface area contributed by atoms with Crippen LogP contribution in [0.2, 0.25) is 0 Å². The maximum atomic E-state index is 10.2. The van der Waals surface area contributed by atoms with Crippen LogP contribution in [-0.2, 0) is 13.0 Å². The quantitative estimate of drug-likeness (QED) is 0.649. The van der Waals surface area contributed by atoms with Gasteiger partial charge in [0.1, 0.15) is 6.23 Å². The van der Waals surface area contributed by atoms with E-state index in [9.17, 15) is 5.11 Å². The van der Waals surface area contributed by atoms with E-state index in [1.165, 1.54) is 11.1 Å². The zero-order valence-electron chi connectivity index (χ0n) is 18.2. The van der Waals surface area contributed by atoms with E-state index >= 15 is 0 Å². The minimum Gasteiger partial charge on any atom is -0.377 e. The van der Waals surface area contributed by atoms with Gasteiger partial charge in [-0.2, -0.15) is 0 Å². The van der Waals surface area contributed by atoms with Crippen LogP contribution in [0.4, 0.5) is 0 Å². The first kappa shape index (κ1) is 22.4. The summed E-state index contributed by atoms with van der Waals surface area (Å²) in [6, 6.07) is 9.14. The number of aliphatic hydroxyl groups is 1. The minimum absolute atomic E-state index is 0.311. The number of nitrogens with zero attached hydrogens (tertiary/aromatic N) is 2. The van der Waals surface area contributed by atoms with Crippen molar-refractivity contribution < 1.29 is 5.11 Å². The highest BCUT2D eigenvalue weighted by molar-refractivity contribution is 5.22. The molecule has 2 N–H and O–H groups in total. The zero-order chi connectivity index (χ0) is 19.9. The van der Waals surface area contributed by atoms with Gasteiger partial charge in [0, 0.05) is 39.3 Å². The summed E-state index contributed by atoms with van der Waals surface area (Å²) in [6.07, 6.45) is 1.81. The van der Waals surface area contributed by atoms with E-state index in [-0.39, 0.29) is 0 Å². The van der Waals surface area contributed by atoms with Crippen LogP contribution in [0.3, 0.4) is 0 Å². The maximum Gasteiger partial charge on any atom is 0.117 e. The number of aliphatic hydroxyl groups excluding tert-OH is 1. The molecular formula is C23H41N3O. The third-order valence-corrected chi connectivity index (χ3v) is 5.22. The minimum atomic E-state index is -0.424. The lowest BCUT2D eigenvalue weighted by atomic mass is 9.92. The Bertz CT molecular complexity index is 528. The van der Waals surface area contributed by atoms with Crippen LogP contribution in [0.5, 0.6) is 0 Å². The van der Waals surface area contributed by atoms with Gasteiger partial charge in [0.15, 0.2) is 0 Å². The summed E-state index contributed by atoms with van der Waals surface area (Å²) in [7, 11) is 0. The lowest BCUT2D eigenvalue weighted by Gasteiger charge is -2.35. The molecule has 1 aliphatic rings. The summed E-state index contributed by atoms with van der Waals surface area (Å²) < 4.78 is 0. The van der Waals surface area contributed by atoms with Crippen molar-refractivity contribution in [2.75, 3.05) is 39.3 Å². The SMILES string of the molecule is CC(C)Cc1ccc(CN2CCN(CC(O)NCCC(C)(C)C)CC2)cc1. The lowest BCUT2D eigenvalue weighted by molar-refractivity contribution is 0.0524. The Balaban J connectivity index is 1.66. The Labute approximate surface area is 166 Å². The molecule has 2 rings (SSSR count). The van der Waals surface area contributed by atoms with Crippen LogP contribution in [-0.4, -0.2) is 60.4 Å². The predicted molar refractivity (Wildman–Crippen MR) is 115 cm³/mol. The van der Waals surface area contributed by atoms with Crippen molar-refractivity contribution in [2.24, 2.45) is 11.3 Å². The Morgan fingerprint density at radius 3 is 2.07 bits per heavy atom. The molecule has 0 aromatic heterocycles. The van der Waals surface area contributed by atoms with Gasteiger partial charge in [0.2, 0.25) is 0 Å². The van der Waals surface area contributed by atoms with Gasteiger partial charge in [-0.05, 0) is 41.8 Å². The molecule has 0 bridgehead atoms. The smallest absolute Gasteiger partial charge is 0.117 e. The van der Waals surface area contributed by atoms with Crippen LogP contribution in [0.15, 0.2) is 24.3 Å². The van der Waals surface area contributed by atoms with E-state index in [0.717, 1.165) is 58.7 Å². The summed E-state index contributed by atoms with van der Waals surface area (Å²) in [6.45, 7) is 18.1. The summed E-state index contributed by atoms with van der Waals surface area (Å²) in [5, 5.41) is 13.5. The molecule has 0 spiro atoms. The van der Waals surface area contributed by atoms with Crippen LogP contribution in [0, 0.1) is 11.3 Å². The molecule has 1 aromatic carbocycles. The van der Waals surface area contributed by atoms with E-state index in [1.54, 1.807) is 0 Å². The van der Waals surface area contributed by atoms with Gasteiger partial charge in [0.25, 0.3) is 0 Å². The number of hydrogen-bond acceptors (Lipinski definition) is 4. The van der Waals surface area contributed by atoms with Gasteiger partial charge in [-0.25, -0.2) is 0 Å². The molecule has 1 aliphatic heterocycles. The fourth-order valence-electron chi connectivity index (χ4n) is 3.56. The van der Waals surface area contributed by atoms with Crippen molar-refractivity contribution in [3.63, 3.8) is 0 Å². The van der Waals surface area contributed by atoms with Crippen molar-refractivity contribution >= 4 is 0 Å². The Hall–Kier alpha value is -0.940. The standard InChI is InChI=1S/C23H41N3O/c1-19(2)16-20-6-8-21(9-7-20)17-25-12-14-26(15-13-25)18-22(27)24-11-10-23(3,4)5/h6-9,19,22,24,27H,10-18H2,1-5H3. The van der Waals surface area contributed by atoms with E-state index in [2.05, 4.69) is 74.0 Å². The number of benzene rings is 1. The van der Waals surface area contributed by atoms with Gasteiger partial charge in [0.05, 0.1) is 0 Å². The molecule has 27 heavy (non-hydrogen) atoms. The zero-order valence-corrected chi connectivity index (χ0v) is 18.2. The third kappa shape index (κ3) is 9.20. The summed E-state index contributed by atoms with van der Waals surface area (Å²) >= 11 is 0. The second-order valence-electron chi connectivity index (χ2n) is 9.77. The molecule has 4 heteroatoms. The fraction of sp³-hybridized carbons (Fsp3) is 0.739. The molecule has 0 radical (unpaired) electrons. The molecule has 1 heterocycles. The molecule has 0 aliphatic carbocycles. The number of nitrogens with one attached hydrogen (secondary N) is 1. The van der Waals surface area contributed by atoms with Gasteiger partial charge >= 0.3 is 0 Å². The molecular weight excluding hydrogens is 334 g/mol. The molecule has 1 aromatic rings. The normalized spacial score (nSPS) is 18.2. The summed E-state index contributed by atoms with van der Waals surface area (Å²) in [4.78, 5) is 4.89. The number of hydrogen-bond donors (Lipinski definition) is 2. The molecule has 0 amide bonds. The number of piperazine rings is 1. The highest BCUT2D eigenvalue weighted by atomic mass is 16.3. The third-order valence-electron chi connectivity index (χ3n) is 5.22. The van der Waals surface area contributed by atoms with Crippen molar-refractivity contribution in [3.8, 4) is 0 Å². The molecule has 4 nitrogen and oxygen atoms in total. The van der Waals surface area contributed by atoms with Crippen molar-refractivity contribution in [3.05, 3.63) is 35.4 Å². The molecule has 154 valence electrons. The van der Waals surface area contributed by atoms with Crippen LogP contribution in [0.1, 0.15) is 52.2 Å². The van der Waals surface area contributed by atoms with Gasteiger partial charge in [-0.1, -0.05) is 58.9 Å². The van der Waals surface area contributed by atoms with Crippen molar-refractivity contribution in [2.45, 2.75) is 60.2 Å². The van der Waals surface area contributed by atoms with Crippen molar-refractivity contribution in [1.29, 1.82) is 0 Å². The average Bonchev–Trinajstić information content (AvgIpc) is 2.57. The van der Waals surface area contributed by atoms with E-state index in [0.29, 0.717) is 11.3 Å². The molecule has 1 fully saturated rings. The Morgan fingerprint density at radius 2 is 1.52 bits per heavy atom. The highest BCUT2D eigenvalue weighted by Gasteiger charge is 2.19. The maximum absolute atomic E-state index is 10.2. The van der Waals surface area contributed by atoms with Gasteiger partial charge in [-0.3, -0.25) is 15.1 Å². The first-order valence-corrected chi connectivity index (χ1v) is 10.7. The Kier molecular flexibility index (Phi) is 8.74. The van der Waals surface area contributed by atoms with Crippen LogP contribution < -0.4 is 5.32 Å². The highest BCUT2D eigenvalue weighted by Crippen LogP contribution is 2.17. The van der Waals surface area contributed by atoms with Gasteiger partial charge in [-0.15, -0.1) is 0 Å². The second kappa shape index (κ2) is 10.6. The second-order valence-corrected chi connectivity index (χ2v) is 9.77. The summed E-state index contributed by atoms with van der Waals surface area (Å²) in [5.74, 6) is 0.710. The summed E-state index contributed by atoms with van der Waals surface area (Å²) in [5.41, 5.74) is 3.15. The number of rotatable bonds is 9. The average molecular weight is 376 g/mol. The van der Waals surface area contributed by atoms with Crippen molar-refractivity contribution in [1.82, 2.24) is 15.1 Å². The van der Waals surface area contributed by atoms with E-state index < -0.39 is 6.23 Å². The Morgan fingerprint density at radius 1 is 0.963 bits per heavy atom. The predicted octanol–water partition coefficient (Wildman–Crippen LogP) is 3.35. The molecule has 0 saturated carbocycles. The van der Waals surface area contributed by atoms with E-state index in [4.69, 9.17) is 0 Å². The van der Waals surface area contributed by atoms with Crippen LogP contribution >= 0.6 is 0 Å². The first-order chi connectivity index (χ1) is 12.7. The number of β-amino-alcohol motifs (C(OH)–C–C–N with tert-alkyl or cyclic N) is 1. The topological polar surface area (TPSA) is 38.7 Å². The van der Waals surface area contributed by atoms with Crippen LogP contribution in [0.25, 0.3) is 0 Å². The molecule has 1 atom stereocenters. The lowest BCUT2D eigenvalue weighted by Crippen LogP contribution is -2.50. The largest absolute Gasteiger partial charge is 0.377 e.